The quantitative estimate of drug-likeness (QED) is 0.559. The van der Waals surface area contributed by atoms with Gasteiger partial charge in [-0.3, -0.25) is 0 Å². The van der Waals surface area contributed by atoms with Gasteiger partial charge in [-0.05, 0) is 31.5 Å². The standard InChI is InChI=1S/C19H17NO3/c1-10-5-6-14-18(19-12(10)7-11(2)23-19)13-8-16(21-3)17(22-4)9-15(13)20-14/h5-9H,1-4H3/p+1. The first-order valence-corrected chi connectivity index (χ1v) is 7.53. The van der Waals surface area contributed by atoms with E-state index in [0.717, 1.165) is 38.9 Å². The van der Waals surface area contributed by atoms with Gasteiger partial charge in [0.15, 0.2) is 11.5 Å². The molecule has 0 unspecified atom stereocenters. The minimum Gasteiger partial charge on any atom is -0.493 e. The number of ether oxygens (including phenoxy) is 2. The van der Waals surface area contributed by atoms with Crippen LogP contribution in [0, 0.1) is 13.8 Å². The molecular weight excluding hydrogens is 290 g/mol. The fraction of sp³-hybridized carbons (Fsp3) is 0.211. The van der Waals surface area contributed by atoms with Crippen LogP contribution in [0.3, 0.4) is 0 Å². The zero-order valence-corrected chi connectivity index (χ0v) is 13.6. The molecule has 0 spiro atoms. The number of H-pyrrole nitrogens is 1. The largest absolute Gasteiger partial charge is 0.493 e. The van der Waals surface area contributed by atoms with Crippen molar-refractivity contribution in [2.24, 2.45) is 0 Å². The summed E-state index contributed by atoms with van der Waals surface area (Å²) in [5.74, 6) is 2.32. The van der Waals surface area contributed by atoms with Crippen LogP contribution in [0.15, 0.2) is 34.7 Å². The van der Waals surface area contributed by atoms with E-state index in [9.17, 15) is 0 Å². The second kappa shape index (κ2) is 4.88. The molecule has 0 fully saturated rings. The molecule has 0 bridgehead atoms. The highest BCUT2D eigenvalue weighted by molar-refractivity contribution is 6.06. The van der Waals surface area contributed by atoms with Crippen LogP contribution in [0.5, 0.6) is 11.5 Å². The average Bonchev–Trinajstić information content (AvgIpc) is 3.07. The summed E-state index contributed by atoms with van der Waals surface area (Å²) < 4.78 is 16.9. The lowest BCUT2D eigenvalue weighted by Gasteiger charge is -2.05. The van der Waals surface area contributed by atoms with Crippen LogP contribution in [0.4, 0.5) is 0 Å². The van der Waals surface area contributed by atoms with Crippen LogP contribution in [-0.4, -0.2) is 14.2 Å². The van der Waals surface area contributed by atoms with Gasteiger partial charge in [0, 0.05) is 11.5 Å². The number of aromatic nitrogens is 1. The summed E-state index contributed by atoms with van der Waals surface area (Å²) in [5.41, 5.74) is 5.19. The molecule has 1 aliphatic heterocycles. The zero-order chi connectivity index (χ0) is 16.1. The Hall–Kier alpha value is -2.75. The van der Waals surface area contributed by atoms with Gasteiger partial charge in [0.25, 0.3) is 0 Å². The molecule has 0 saturated heterocycles. The summed E-state index contributed by atoms with van der Waals surface area (Å²) in [6.45, 7) is 4.08. The number of aromatic amines is 1. The number of fused-ring (bicyclic) bond motifs is 5. The van der Waals surface area contributed by atoms with Crippen LogP contribution in [-0.2, 0) is 0 Å². The zero-order valence-electron chi connectivity index (χ0n) is 13.6. The highest BCUT2D eigenvalue weighted by Gasteiger charge is 2.25. The second-order valence-corrected chi connectivity index (χ2v) is 5.78. The molecule has 0 atom stereocenters. The van der Waals surface area contributed by atoms with E-state index in [1.165, 1.54) is 5.56 Å². The molecule has 1 aliphatic carbocycles. The smallest absolute Gasteiger partial charge is 0.216 e. The average molecular weight is 308 g/mol. The lowest BCUT2D eigenvalue weighted by molar-refractivity contribution is -0.327. The van der Waals surface area contributed by atoms with Gasteiger partial charge in [-0.25, -0.2) is 4.98 Å². The minimum atomic E-state index is 0.707. The second-order valence-electron chi connectivity index (χ2n) is 5.78. The lowest BCUT2D eigenvalue weighted by atomic mass is 10.1. The van der Waals surface area contributed by atoms with Crippen molar-refractivity contribution in [3.63, 3.8) is 0 Å². The van der Waals surface area contributed by atoms with Crippen molar-refractivity contribution in [2.75, 3.05) is 14.2 Å². The highest BCUT2D eigenvalue weighted by Crippen LogP contribution is 2.40. The molecular formula is C19H18NO3+. The number of rotatable bonds is 2. The Morgan fingerprint density at radius 1 is 0.913 bits per heavy atom. The number of nitrogens with one attached hydrogen (secondary N) is 1. The summed E-state index contributed by atoms with van der Waals surface area (Å²) in [6.07, 6.45) is 0. The third kappa shape index (κ3) is 1.95. The number of aryl methyl sites for hydroxylation is 2. The van der Waals surface area contributed by atoms with Crippen molar-refractivity contribution in [3.8, 4) is 22.8 Å². The van der Waals surface area contributed by atoms with Gasteiger partial charge in [0.1, 0.15) is 16.9 Å². The maximum Gasteiger partial charge on any atom is 0.216 e. The van der Waals surface area contributed by atoms with E-state index in [0.29, 0.717) is 11.5 Å². The monoisotopic (exact) mass is 308 g/mol. The van der Waals surface area contributed by atoms with Crippen molar-refractivity contribution in [3.05, 3.63) is 41.7 Å². The number of furan rings is 1. The van der Waals surface area contributed by atoms with E-state index in [-0.39, 0.29) is 0 Å². The fourth-order valence-corrected chi connectivity index (χ4v) is 3.20. The predicted octanol–water partition coefficient (Wildman–Crippen LogP) is 4.14. The van der Waals surface area contributed by atoms with E-state index in [1.807, 2.05) is 19.1 Å². The molecule has 23 heavy (non-hydrogen) atoms. The number of benzene rings is 1. The van der Waals surface area contributed by atoms with Gasteiger partial charge in [-0.15, -0.1) is 0 Å². The van der Waals surface area contributed by atoms with Gasteiger partial charge in [-0.1, -0.05) is 6.07 Å². The van der Waals surface area contributed by atoms with Crippen LogP contribution >= 0.6 is 0 Å². The van der Waals surface area contributed by atoms with E-state index in [1.54, 1.807) is 14.2 Å². The lowest BCUT2D eigenvalue weighted by Crippen LogP contribution is -1.99. The summed E-state index contributed by atoms with van der Waals surface area (Å²) >= 11 is 0. The van der Waals surface area contributed by atoms with Gasteiger partial charge in [0.05, 0.1) is 25.7 Å². The van der Waals surface area contributed by atoms with E-state index < -0.39 is 0 Å². The fourth-order valence-electron chi connectivity index (χ4n) is 3.20. The van der Waals surface area contributed by atoms with Gasteiger partial charge < -0.3 is 13.9 Å². The van der Waals surface area contributed by atoms with Crippen molar-refractivity contribution in [2.45, 2.75) is 13.8 Å². The van der Waals surface area contributed by atoms with Crippen molar-refractivity contribution < 1.29 is 18.9 Å². The Morgan fingerprint density at radius 3 is 2.39 bits per heavy atom. The van der Waals surface area contributed by atoms with E-state index >= 15 is 0 Å². The Balaban J connectivity index is 2.21. The third-order valence-electron chi connectivity index (χ3n) is 4.34. The third-order valence-corrected chi connectivity index (χ3v) is 4.34. The molecule has 1 aromatic heterocycles. The summed E-state index contributed by atoms with van der Waals surface area (Å²) in [5, 5.41) is 2.20. The topological polar surface area (TPSA) is 45.7 Å². The molecule has 4 rings (SSSR count). The first-order valence-electron chi connectivity index (χ1n) is 7.53. The predicted molar refractivity (Wildman–Crippen MR) is 89.5 cm³/mol. The Morgan fingerprint density at radius 2 is 1.65 bits per heavy atom. The Labute approximate surface area is 134 Å². The molecule has 4 heteroatoms. The van der Waals surface area contributed by atoms with Crippen LogP contribution in [0.1, 0.15) is 11.3 Å². The highest BCUT2D eigenvalue weighted by atomic mass is 16.5. The van der Waals surface area contributed by atoms with Crippen LogP contribution in [0.25, 0.3) is 33.1 Å². The molecule has 0 saturated carbocycles. The first kappa shape index (κ1) is 13.9. The normalized spacial score (nSPS) is 11.5. The van der Waals surface area contributed by atoms with E-state index in [2.05, 4.69) is 30.1 Å². The van der Waals surface area contributed by atoms with Crippen LogP contribution in [0.2, 0.25) is 0 Å². The van der Waals surface area contributed by atoms with Gasteiger partial charge in [-0.2, -0.15) is 0 Å². The molecule has 1 aromatic carbocycles. The molecule has 0 radical (unpaired) electrons. The molecule has 2 aliphatic rings. The molecule has 0 amide bonds. The summed E-state index contributed by atoms with van der Waals surface area (Å²) in [4.78, 5) is 3.46. The summed E-state index contributed by atoms with van der Waals surface area (Å²) in [7, 11) is 3.29. The Bertz CT molecular complexity index is 1020. The first-order chi connectivity index (χ1) is 11.1. The molecule has 2 heterocycles. The number of methoxy groups -OCH3 is 2. The Kier molecular flexibility index (Phi) is 2.94. The SMILES string of the molecule is COc1cc2[nH+]c3ccc(C)c4cc(C)oc4c-3c2cc1OC. The number of hydrogen-bond donors (Lipinski definition) is 0. The van der Waals surface area contributed by atoms with E-state index in [4.69, 9.17) is 13.9 Å². The van der Waals surface area contributed by atoms with Crippen molar-refractivity contribution >= 4 is 21.9 Å². The minimum absolute atomic E-state index is 0.707. The molecule has 4 nitrogen and oxygen atoms in total. The van der Waals surface area contributed by atoms with Gasteiger partial charge in [0.2, 0.25) is 11.2 Å². The maximum atomic E-state index is 6.03. The maximum absolute atomic E-state index is 6.03. The molecule has 1 N–H and O–H groups in total. The van der Waals surface area contributed by atoms with Crippen molar-refractivity contribution in [1.82, 2.24) is 0 Å². The molecule has 2 aromatic rings. The molecule has 116 valence electrons. The van der Waals surface area contributed by atoms with Crippen LogP contribution < -0.4 is 14.5 Å². The van der Waals surface area contributed by atoms with Crippen molar-refractivity contribution in [1.29, 1.82) is 0 Å². The van der Waals surface area contributed by atoms with Gasteiger partial charge >= 0.3 is 0 Å². The summed E-state index contributed by atoms with van der Waals surface area (Å²) in [6, 6.07) is 10.3. The number of hydrogen-bond acceptors (Lipinski definition) is 3.